The lowest BCUT2D eigenvalue weighted by Crippen LogP contribution is -2.06. The average molecular weight is 237 g/mol. The topological polar surface area (TPSA) is 17.1 Å². The summed E-state index contributed by atoms with van der Waals surface area (Å²) in [5.41, 5.74) is 0. The van der Waals surface area contributed by atoms with Crippen molar-refractivity contribution in [1.82, 2.24) is 0 Å². The van der Waals surface area contributed by atoms with E-state index in [-0.39, 0.29) is 11.6 Å². The van der Waals surface area contributed by atoms with Gasteiger partial charge in [-0.15, -0.1) is 0 Å². The molecule has 4 heteroatoms. The Labute approximate surface area is 92.5 Å². The fourth-order valence-electron chi connectivity index (χ4n) is 1.30. The van der Waals surface area contributed by atoms with Crippen molar-refractivity contribution < 1.29 is 13.3 Å². The van der Waals surface area contributed by atoms with Gasteiger partial charge in [0.25, 0.3) is 0 Å². The summed E-state index contributed by atoms with van der Waals surface area (Å²) in [5.74, 6) is -0.738. The van der Waals surface area contributed by atoms with E-state index < -0.39 is 7.80 Å². The van der Waals surface area contributed by atoms with Gasteiger partial charge in [0.2, 0.25) is 0 Å². The normalized spacial score (nSPS) is 10.1. The van der Waals surface area contributed by atoms with Gasteiger partial charge in [-0.3, -0.25) is 0 Å². The van der Waals surface area contributed by atoms with Gasteiger partial charge in [0.15, 0.2) is 10.6 Å². The van der Waals surface area contributed by atoms with Crippen LogP contribution in [0.4, 0.5) is 8.78 Å². The maximum atomic E-state index is 12.7. The second kappa shape index (κ2) is 4.50. The molecular formula is C12H8F2OP+. The number of rotatable bonds is 2. The van der Waals surface area contributed by atoms with Gasteiger partial charge in [-0.1, -0.05) is 4.57 Å². The van der Waals surface area contributed by atoms with Gasteiger partial charge in [0.1, 0.15) is 11.6 Å². The van der Waals surface area contributed by atoms with E-state index in [0.29, 0.717) is 10.6 Å². The van der Waals surface area contributed by atoms with Crippen LogP contribution in [0.1, 0.15) is 0 Å². The third kappa shape index (κ3) is 2.31. The zero-order valence-corrected chi connectivity index (χ0v) is 9.12. The highest BCUT2D eigenvalue weighted by Crippen LogP contribution is 2.19. The van der Waals surface area contributed by atoms with Gasteiger partial charge in [0, 0.05) is 0 Å². The molecule has 0 heterocycles. The third-order valence-corrected chi connectivity index (χ3v) is 3.66. The second-order valence-corrected chi connectivity index (χ2v) is 4.87. The maximum Gasteiger partial charge on any atom is 0.415 e. The van der Waals surface area contributed by atoms with Crippen LogP contribution in [0.5, 0.6) is 0 Å². The monoisotopic (exact) mass is 237 g/mol. The summed E-state index contributed by atoms with van der Waals surface area (Å²) in [4.78, 5) is 0. The average Bonchev–Trinajstić information content (AvgIpc) is 2.30. The molecule has 0 N–H and O–H groups in total. The lowest BCUT2D eigenvalue weighted by Gasteiger charge is -1.90. The van der Waals surface area contributed by atoms with Gasteiger partial charge < -0.3 is 0 Å². The van der Waals surface area contributed by atoms with Crippen molar-refractivity contribution in [2.45, 2.75) is 0 Å². The first kappa shape index (κ1) is 10.9. The van der Waals surface area contributed by atoms with E-state index >= 15 is 0 Å². The molecule has 0 bridgehead atoms. The zero-order valence-electron chi connectivity index (χ0n) is 8.23. The van der Waals surface area contributed by atoms with Crippen LogP contribution in [0.2, 0.25) is 0 Å². The lowest BCUT2D eigenvalue weighted by molar-refractivity contribution is 0.598. The minimum absolute atomic E-state index is 0.369. The van der Waals surface area contributed by atoms with Gasteiger partial charge >= 0.3 is 7.80 Å². The van der Waals surface area contributed by atoms with Crippen LogP contribution in [0, 0.1) is 11.6 Å². The Kier molecular flexibility index (Phi) is 3.07. The van der Waals surface area contributed by atoms with E-state index in [1.54, 1.807) is 0 Å². The molecule has 80 valence electrons. The number of benzene rings is 2. The highest BCUT2D eigenvalue weighted by atomic mass is 31.1. The summed E-state index contributed by atoms with van der Waals surface area (Å²) in [6.45, 7) is 0. The van der Waals surface area contributed by atoms with Gasteiger partial charge in [-0.2, -0.15) is 0 Å². The molecule has 0 aliphatic heterocycles. The van der Waals surface area contributed by atoms with Crippen LogP contribution >= 0.6 is 7.80 Å². The Hall–Kier alpha value is -1.60. The summed E-state index contributed by atoms with van der Waals surface area (Å²) < 4.78 is 37.3. The molecule has 0 spiro atoms. The van der Waals surface area contributed by atoms with Crippen LogP contribution in [0.3, 0.4) is 0 Å². The highest BCUT2D eigenvalue weighted by molar-refractivity contribution is 7.61. The fraction of sp³-hybridized carbons (Fsp3) is 0. The van der Waals surface area contributed by atoms with E-state index in [2.05, 4.69) is 0 Å². The first-order chi connectivity index (χ1) is 7.66. The summed E-state index contributed by atoms with van der Waals surface area (Å²) >= 11 is 0. The predicted octanol–water partition coefficient (Wildman–Crippen LogP) is 2.74. The van der Waals surface area contributed by atoms with Crippen molar-refractivity contribution in [3.8, 4) is 0 Å². The Morgan fingerprint density at radius 1 is 0.688 bits per heavy atom. The quantitative estimate of drug-likeness (QED) is 0.734. The smallest absolute Gasteiger partial charge is 0.207 e. The van der Waals surface area contributed by atoms with Crippen molar-refractivity contribution in [2.75, 3.05) is 0 Å². The minimum atomic E-state index is -1.78. The Balaban J connectivity index is 2.32. The Bertz CT molecular complexity index is 458. The molecule has 0 radical (unpaired) electrons. The molecule has 0 aromatic heterocycles. The fourth-order valence-corrected chi connectivity index (χ4v) is 2.44. The zero-order chi connectivity index (χ0) is 11.5. The van der Waals surface area contributed by atoms with Gasteiger partial charge in [-0.25, -0.2) is 8.78 Å². The van der Waals surface area contributed by atoms with Crippen molar-refractivity contribution in [1.29, 1.82) is 0 Å². The molecule has 0 amide bonds. The highest BCUT2D eigenvalue weighted by Gasteiger charge is 2.22. The summed E-state index contributed by atoms with van der Waals surface area (Å²) in [6.07, 6.45) is 0. The molecule has 2 aromatic rings. The Morgan fingerprint density at radius 2 is 1.00 bits per heavy atom. The second-order valence-electron chi connectivity index (χ2n) is 3.25. The summed E-state index contributed by atoms with van der Waals surface area (Å²) in [7, 11) is -1.78. The SMILES string of the molecule is O=[P+](c1ccc(F)cc1)c1ccc(F)cc1. The Morgan fingerprint density at radius 3 is 1.31 bits per heavy atom. The minimum Gasteiger partial charge on any atom is -0.207 e. The molecular weight excluding hydrogens is 229 g/mol. The molecule has 0 atom stereocenters. The van der Waals surface area contributed by atoms with Gasteiger partial charge in [-0.05, 0) is 48.5 Å². The molecule has 0 saturated heterocycles. The number of hydrogen-bond donors (Lipinski definition) is 0. The summed E-state index contributed by atoms with van der Waals surface area (Å²) in [6, 6.07) is 10.9. The van der Waals surface area contributed by atoms with Crippen LogP contribution in [0.25, 0.3) is 0 Å². The van der Waals surface area contributed by atoms with Crippen molar-refractivity contribution >= 4 is 18.4 Å². The largest absolute Gasteiger partial charge is 0.415 e. The number of halogens is 2. The molecule has 0 aliphatic rings. The first-order valence-corrected chi connectivity index (χ1v) is 5.91. The molecule has 2 aromatic carbocycles. The van der Waals surface area contributed by atoms with Crippen LogP contribution < -0.4 is 10.6 Å². The van der Waals surface area contributed by atoms with Crippen molar-refractivity contribution in [2.24, 2.45) is 0 Å². The van der Waals surface area contributed by atoms with E-state index in [1.807, 2.05) is 0 Å². The first-order valence-electron chi connectivity index (χ1n) is 4.65. The molecule has 16 heavy (non-hydrogen) atoms. The van der Waals surface area contributed by atoms with Crippen molar-refractivity contribution in [3.63, 3.8) is 0 Å². The standard InChI is InChI=1S/C12H8F2OP/c13-9-1-5-11(6-2-9)16(15)12-7-3-10(14)4-8-12/h1-8H/q+1. The van der Waals surface area contributed by atoms with Crippen LogP contribution in [-0.2, 0) is 4.57 Å². The predicted molar refractivity (Wildman–Crippen MR) is 59.7 cm³/mol. The molecule has 1 nitrogen and oxygen atoms in total. The number of hydrogen-bond acceptors (Lipinski definition) is 1. The van der Waals surface area contributed by atoms with Crippen LogP contribution in [0.15, 0.2) is 48.5 Å². The van der Waals surface area contributed by atoms with Crippen molar-refractivity contribution in [3.05, 3.63) is 60.2 Å². The van der Waals surface area contributed by atoms with Crippen LogP contribution in [-0.4, -0.2) is 0 Å². The molecule has 0 aliphatic carbocycles. The third-order valence-electron chi connectivity index (χ3n) is 2.12. The maximum absolute atomic E-state index is 12.7. The lowest BCUT2D eigenvalue weighted by atomic mass is 10.3. The van der Waals surface area contributed by atoms with Gasteiger partial charge in [0.05, 0.1) is 0 Å². The van der Waals surface area contributed by atoms with E-state index in [9.17, 15) is 13.3 Å². The summed E-state index contributed by atoms with van der Waals surface area (Å²) in [5, 5.41) is 1.06. The van der Waals surface area contributed by atoms with E-state index in [0.717, 1.165) is 0 Å². The van der Waals surface area contributed by atoms with E-state index in [4.69, 9.17) is 0 Å². The molecule has 0 fully saturated rings. The van der Waals surface area contributed by atoms with E-state index in [1.165, 1.54) is 48.5 Å². The molecule has 0 saturated carbocycles. The molecule has 0 unspecified atom stereocenters. The molecule has 2 rings (SSSR count).